The van der Waals surface area contributed by atoms with E-state index in [2.05, 4.69) is 15.0 Å². The van der Waals surface area contributed by atoms with Crippen LogP contribution in [0.4, 0.5) is 5.82 Å². The van der Waals surface area contributed by atoms with E-state index < -0.39 is 0 Å². The Bertz CT molecular complexity index is 522. The highest BCUT2D eigenvalue weighted by atomic mass is 15.1. The van der Waals surface area contributed by atoms with Crippen LogP contribution < -0.4 is 4.90 Å². The van der Waals surface area contributed by atoms with Crippen LogP contribution in [0.3, 0.4) is 0 Å². The van der Waals surface area contributed by atoms with Crippen LogP contribution in [0.25, 0.3) is 11.4 Å². The number of hydrogen-bond donors (Lipinski definition) is 1. The Morgan fingerprint density at radius 2 is 2.19 bits per heavy atom. The van der Waals surface area contributed by atoms with Crippen molar-refractivity contribution in [3.8, 4) is 17.5 Å². The lowest BCUT2D eigenvalue weighted by molar-refractivity contribution is 1.03. The molecule has 0 aliphatic heterocycles. The minimum Gasteiger partial charge on any atom is -0.367 e. The van der Waals surface area contributed by atoms with Gasteiger partial charge in [-0.1, -0.05) is 0 Å². The van der Waals surface area contributed by atoms with Gasteiger partial charge in [0.25, 0.3) is 0 Å². The molecule has 80 valence electrons. The molecule has 1 N–H and O–H groups in total. The molecule has 16 heavy (non-hydrogen) atoms. The van der Waals surface area contributed by atoms with Crippen LogP contribution in [0.5, 0.6) is 0 Å². The molecule has 0 amide bonds. The molecular formula is C11H11N5. The molecule has 0 aliphatic rings. The fourth-order valence-electron chi connectivity index (χ4n) is 1.31. The Kier molecular flexibility index (Phi) is 2.56. The molecule has 0 atom stereocenters. The van der Waals surface area contributed by atoms with Crippen molar-refractivity contribution in [2.45, 2.75) is 0 Å². The monoisotopic (exact) mass is 213 g/mol. The zero-order valence-electron chi connectivity index (χ0n) is 9.10. The highest BCUT2D eigenvalue weighted by Gasteiger charge is 2.07. The number of nitrogens with one attached hydrogen (secondary N) is 1. The van der Waals surface area contributed by atoms with Crippen molar-refractivity contribution in [3.63, 3.8) is 0 Å². The molecule has 0 aliphatic carbocycles. The number of aromatic amines is 1. The van der Waals surface area contributed by atoms with Crippen molar-refractivity contribution in [2.75, 3.05) is 19.0 Å². The minimum absolute atomic E-state index is 0.370. The largest absolute Gasteiger partial charge is 0.367 e. The third-order valence-electron chi connectivity index (χ3n) is 2.14. The molecule has 2 heterocycles. The van der Waals surface area contributed by atoms with Crippen LogP contribution in [-0.2, 0) is 0 Å². The van der Waals surface area contributed by atoms with E-state index in [0.29, 0.717) is 11.5 Å². The summed E-state index contributed by atoms with van der Waals surface area (Å²) in [6, 6.07) is 5.57. The first kappa shape index (κ1) is 10.2. The van der Waals surface area contributed by atoms with Gasteiger partial charge >= 0.3 is 0 Å². The topological polar surface area (TPSA) is 68.6 Å². The first-order valence-corrected chi connectivity index (χ1v) is 4.80. The number of H-pyrrole nitrogens is 1. The number of hydrogen-bond acceptors (Lipinski definition) is 4. The van der Waals surface area contributed by atoms with Gasteiger partial charge in [0.05, 0.1) is 0 Å². The average molecular weight is 213 g/mol. The molecule has 0 saturated heterocycles. The highest BCUT2D eigenvalue weighted by Crippen LogP contribution is 2.18. The first-order chi connectivity index (χ1) is 7.70. The zero-order valence-corrected chi connectivity index (χ0v) is 9.10. The summed E-state index contributed by atoms with van der Waals surface area (Å²) in [7, 11) is 3.76. The van der Waals surface area contributed by atoms with Gasteiger partial charge in [-0.2, -0.15) is 5.26 Å². The zero-order chi connectivity index (χ0) is 11.5. The second-order valence-electron chi connectivity index (χ2n) is 3.54. The molecule has 0 radical (unpaired) electrons. The predicted octanol–water partition coefficient (Wildman–Crippen LogP) is 1.41. The maximum Gasteiger partial charge on any atom is 0.164 e. The van der Waals surface area contributed by atoms with E-state index in [1.807, 2.05) is 31.1 Å². The molecule has 0 saturated carbocycles. The number of anilines is 1. The number of aromatic nitrogens is 3. The Morgan fingerprint density at radius 3 is 2.75 bits per heavy atom. The van der Waals surface area contributed by atoms with E-state index in [1.54, 1.807) is 18.5 Å². The van der Waals surface area contributed by atoms with Gasteiger partial charge in [0, 0.05) is 38.1 Å². The van der Waals surface area contributed by atoms with E-state index in [4.69, 9.17) is 5.26 Å². The van der Waals surface area contributed by atoms with Gasteiger partial charge in [-0.05, 0) is 6.07 Å². The number of rotatable bonds is 2. The Labute approximate surface area is 93.4 Å². The Morgan fingerprint density at radius 1 is 1.38 bits per heavy atom. The van der Waals surface area contributed by atoms with E-state index in [0.717, 1.165) is 11.4 Å². The van der Waals surface area contributed by atoms with Gasteiger partial charge in [-0.25, -0.2) is 9.97 Å². The van der Waals surface area contributed by atoms with Gasteiger partial charge in [-0.15, -0.1) is 0 Å². The van der Waals surface area contributed by atoms with Gasteiger partial charge in [0.1, 0.15) is 17.6 Å². The third kappa shape index (κ3) is 1.86. The van der Waals surface area contributed by atoms with E-state index in [-0.39, 0.29) is 0 Å². The fraction of sp³-hybridized carbons (Fsp3) is 0.182. The van der Waals surface area contributed by atoms with Crippen molar-refractivity contribution in [3.05, 3.63) is 30.2 Å². The van der Waals surface area contributed by atoms with Crippen LogP contribution in [0, 0.1) is 11.3 Å². The van der Waals surface area contributed by atoms with Gasteiger partial charge in [0.15, 0.2) is 5.82 Å². The van der Waals surface area contributed by atoms with Crippen LogP contribution >= 0.6 is 0 Å². The third-order valence-corrected chi connectivity index (χ3v) is 2.14. The Balaban J connectivity index is 2.55. The summed E-state index contributed by atoms with van der Waals surface area (Å²) in [6.07, 6.45) is 3.60. The maximum atomic E-state index is 8.90. The maximum absolute atomic E-state index is 8.90. The molecule has 0 fully saturated rings. The summed E-state index contributed by atoms with van der Waals surface area (Å²) < 4.78 is 0. The molecule has 0 unspecified atom stereocenters. The normalized spacial score (nSPS) is 9.81. The second kappa shape index (κ2) is 4.03. The van der Waals surface area contributed by atoms with Crippen molar-refractivity contribution in [1.82, 2.24) is 15.0 Å². The SMILES string of the molecule is CN(C)c1cc(C#N)nc(-c2cc[nH]c2)n1. The smallest absolute Gasteiger partial charge is 0.164 e. The first-order valence-electron chi connectivity index (χ1n) is 4.80. The summed E-state index contributed by atoms with van der Waals surface area (Å²) in [6.45, 7) is 0. The molecule has 2 rings (SSSR count). The molecule has 5 nitrogen and oxygen atoms in total. The minimum atomic E-state index is 0.370. The standard InChI is InChI=1S/C11H11N5/c1-16(2)10-5-9(6-12)14-11(15-10)8-3-4-13-7-8/h3-5,7,13H,1-2H3. The molecule has 0 aromatic carbocycles. The quantitative estimate of drug-likeness (QED) is 0.818. The summed E-state index contributed by atoms with van der Waals surface area (Å²) in [5, 5.41) is 8.90. The van der Waals surface area contributed by atoms with Crippen LogP contribution in [0.15, 0.2) is 24.5 Å². The molecule has 5 heteroatoms. The van der Waals surface area contributed by atoms with Crippen molar-refractivity contribution >= 4 is 5.82 Å². The highest BCUT2D eigenvalue weighted by molar-refractivity contribution is 5.57. The molecule has 2 aromatic heterocycles. The molecule has 0 bridgehead atoms. The summed E-state index contributed by atoms with van der Waals surface area (Å²) in [4.78, 5) is 13.3. The van der Waals surface area contributed by atoms with Gasteiger partial charge in [0.2, 0.25) is 0 Å². The van der Waals surface area contributed by atoms with E-state index >= 15 is 0 Å². The molecule has 2 aromatic rings. The number of nitrogens with zero attached hydrogens (tertiary/aromatic N) is 4. The lowest BCUT2D eigenvalue weighted by Gasteiger charge is -2.11. The van der Waals surface area contributed by atoms with Crippen molar-refractivity contribution in [2.24, 2.45) is 0 Å². The van der Waals surface area contributed by atoms with E-state index in [1.165, 1.54) is 0 Å². The van der Waals surface area contributed by atoms with Gasteiger partial charge < -0.3 is 9.88 Å². The fourth-order valence-corrected chi connectivity index (χ4v) is 1.31. The molecular weight excluding hydrogens is 202 g/mol. The second-order valence-corrected chi connectivity index (χ2v) is 3.54. The summed E-state index contributed by atoms with van der Waals surface area (Å²) >= 11 is 0. The summed E-state index contributed by atoms with van der Waals surface area (Å²) in [5.41, 5.74) is 1.25. The Hall–Kier alpha value is -2.35. The van der Waals surface area contributed by atoms with Crippen LogP contribution in [0.2, 0.25) is 0 Å². The lowest BCUT2D eigenvalue weighted by Crippen LogP contribution is -2.12. The lowest BCUT2D eigenvalue weighted by atomic mass is 10.3. The predicted molar refractivity (Wildman–Crippen MR) is 60.9 cm³/mol. The van der Waals surface area contributed by atoms with Gasteiger partial charge in [-0.3, -0.25) is 0 Å². The van der Waals surface area contributed by atoms with Crippen LogP contribution in [0.1, 0.15) is 5.69 Å². The van der Waals surface area contributed by atoms with Crippen LogP contribution in [-0.4, -0.2) is 29.0 Å². The van der Waals surface area contributed by atoms with Crippen molar-refractivity contribution < 1.29 is 0 Å². The number of nitriles is 1. The van der Waals surface area contributed by atoms with Crippen molar-refractivity contribution in [1.29, 1.82) is 5.26 Å². The summed E-state index contributed by atoms with van der Waals surface area (Å²) in [5.74, 6) is 1.28. The molecule has 0 spiro atoms. The van der Waals surface area contributed by atoms with E-state index in [9.17, 15) is 0 Å². The average Bonchev–Trinajstić information content (AvgIpc) is 2.81.